The van der Waals surface area contributed by atoms with Gasteiger partial charge in [-0.25, -0.2) is 9.67 Å². The summed E-state index contributed by atoms with van der Waals surface area (Å²) >= 11 is 1.60. The van der Waals surface area contributed by atoms with Gasteiger partial charge in [-0.15, -0.1) is 11.3 Å². The molecule has 0 fully saturated rings. The van der Waals surface area contributed by atoms with Crippen molar-refractivity contribution in [2.24, 2.45) is 5.73 Å². The van der Waals surface area contributed by atoms with Crippen LogP contribution in [0.5, 0.6) is 0 Å². The number of carbonyl (C=O) groups excluding carboxylic acids is 1. The van der Waals surface area contributed by atoms with E-state index in [0.29, 0.717) is 18.7 Å². The Hall–Kier alpha value is -2.25. The van der Waals surface area contributed by atoms with Crippen molar-refractivity contribution in [3.8, 4) is 10.6 Å². The first-order valence-corrected chi connectivity index (χ1v) is 8.90. The average molecular weight is 343 g/mol. The van der Waals surface area contributed by atoms with Crippen LogP contribution in [0, 0.1) is 0 Å². The molecule has 126 valence electrons. The fourth-order valence-electron chi connectivity index (χ4n) is 2.53. The highest BCUT2D eigenvalue weighted by molar-refractivity contribution is 7.13. The normalized spacial score (nSPS) is 11.3. The van der Waals surface area contributed by atoms with Crippen molar-refractivity contribution in [3.63, 3.8) is 0 Å². The maximum absolute atomic E-state index is 12.6. The van der Waals surface area contributed by atoms with Gasteiger partial charge in [0.05, 0.1) is 27.7 Å². The molecule has 0 saturated heterocycles. The van der Waals surface area contributed by atoms with Crippen LogP contribution in [0.25, 0.3) is 21.6 Å². The predicted molar refractivity (Wildman–Crippen MR) is 97.2 cm³/mol. The molecule has 1 amide bonds. The number of aromatic nitrogens is 3. The molecule has 0 aliphatic carbocycles. The van der Waals surface area contributed by atoms with Gasteiger partial charge in [0.1, 0.15) is 0 Å². The summed E-state index contributed by atoms with van der Waals surface area (Å²) < 4.78 is 1.85. The van der Waals surface area contributed by atoms with Crippen LogP contribution in [0.2, 0.25) is 0 Å². The van der Waals surface area contributed by atoms with Crippen molar-refractivity contribution >= 4 is 28.3 Å². The van der Waals surface area contributed by atoms with E-state index in [9.17, 15) is 4.79 Å². The third-order valence-electron chi connectivity index (χ3n) is 3.74. The number of nitrogens with zero attached hydrogens (tertiary/aromatic N) is 3. The molecule has 0 atom stereocenters. The van der Waals surface area contributed by atoms with E-state index in [-0.39, 0.29) is 11.9 Å². The van der Waals surface area contributed by atoms with E-state index in [4.69, 9.17) is 10.7 Å². The van der Waals surface area contributed by atoms with Crippen LogP contribution in [-0.2, 0) is 0 Å². The zero-order valence-electron chi connectivity index (χ0n) is 13.8. The highest BCUT2D eigenvalue weighted by Crippen LogP contribution is 2.28. The first-order valence-electron chi connectivity index (χ1n) is 8.02. The SMILES string of the molecule is CC(C)n1ncc2c(C(=O)NCCCN)cc(-c3cccs3)nc21. The monoisotopic (exact) mass is 343 g/mol. The largest absolute Gasteiger partial charge is 0.352 e. The molecule has 0 spiro atoms. The van der Waals surface area contributed by atoms with E-state index >= 15 is 0 Å². The second kappa shape index (κ2) is 7.11. The van der Waals surface area contributed by atoms with Gasteiger partial charge in [-0.05, 0) is 44.3 Å². The quantitative estimate of drug-likeness (QED) is 0.674. The number of nitrogens with two attached hydrogens (primary N) is 1. The highest BCUT2D eigenvalue weighted by Gasteiger charge is 2.18. The fraction of sp³-hybridized carbons (Fsp3) is 0.353. The number of carbonyl (C=O) groups is 1. The number of thiophene rings is 1. The van der Waals surface area contributed by atoms with Crippen molar-refractivity contribution in [2.75, 3.05) is 13.1 Å². The molecule has 3 N–H and O–H groups in total. The minimum Gasteiger partial charge on any atom is -0.352 e. The van der Waals surface area contributed by atoms with Gasteiger partial charge in [0.15, 0.2) is 5.65 Å². The van der Waals surface area contributed by atoms with Gasteiger partial charge >= 0.3 is 0 Å². The molecule has 24 heavy (non-hydrogen) atoms. The Labute approximate surface area is 144 Å². The molecule has 0 unspecified atom stereocenters. The Morgan fingerprint density at radius 2 is 2.29 bits per heavy atom. The predicted octanol–water partition coefficient (Wildman–Crippen LogP) is 2.82. The summed E-state index contributed by atoms with van der Waals surface area (Å²) in [6.45, 7) is 5.21. The van der Waals surface area contributed by atoms with Crippen molar-refractivity contribution in [1.82, 2.24) is 20.1 Å². The van der Waals surface area contributed by atoms with Gasteiger partial charge < -0.3 is 11.1 Å². The highest BCUT2D eigenvalue weighted by atomic mass is 32.1. The topological polar surface area (TPSA) is 85.8 Å². The van der Waals surface area contributed by atoms with Gasteiger partial charge in [-0.2, -0.15) is 5.10 Å². The number of fused-ring (bicyclic) bond motifs is 1. The van der Waals surface area contributed by atoms with E-state index in [1.807, 2.05) is 42.1 Å². The molecule has 3 aromatic heterocycles. The third-order valence-corrected chi connectivity index (χ3v) is 4.63. The molecule has 7 heteroatoms. The molecule has 0 aromatic carbocycles. The third kappa shape index (κ3) is 3.18. The second-order valence-electron chi connectivity index (χ2n) is 5.85. The average Bonchev–Trinajstić information content (AvgIpc) is 3.23. The summed E-state index contributed by atoms with van der Waals surface area (Å²) in [5.74, 6) is -0.114. The lowest BCUT2D eigenvalue weighted by molar-refractivity contribution is 0.0955. The van der Waals surface area contributed by atoms with Gasteiger partial charge in [-0.1, -0.05) is 6.07 Å². The Balaban J connectivity index is 2.10. The van der Waals surface area contributed by atoms with Gasteiger partial charge in [-0.3, -0.25) is 4.79 Å². The van der Waals surface area contributed by atoms with Crippen molar-refractivity contribution in [1.29, 1.82) is 0 Å². The number of pyridine rings is 1. The maximum Gasteiger partial charge on any atom is 0.252 e. The summed E-state index contributed by atoms with van der Waals surface area (Å²) in [6.07, 6.45) is 2.47. The Kier molecular flexibility index (Phi) is 4.92. The number of hydrogen-bond donors (Lipinski definition) is 2. The van der Waals surface area contributed by atoms with Gasteiger partial charge in [0.25, 0.3) is 5.91 Å². The number of nitrogens with one attached hydrogen (secondary N) is 1. The van der Waals surface area contributed by atoms with E-state index in [2.05, 4.69) is 10.4 Å². The summed E-state index contributed by atoms with van der Waals surface area (Å²) in [7, 11) is 0. The first kappa shape index (κ1) is 16.6. The maximum atomic E-state index is 12.6. The molecule has 0 saturated carbocycles. The van der Waals surface area contributed by atoms with Crippen LogP contribution >= 0.6 is 11.3 Å². The summed E-state index contributed by atoms with van der Waals surface area (Å²) in [6, 6.07) is 6.00. The Morgan fingerprint density at radius 3 is 2.96 bits per heavy atom. The fourth-order valence-corrected chi connectivity index (χ4v) is 3.22. The lowest BCUT2D eigenvalue weighted by Crippen LogP contribution is -2.26. The standard InChI is InChI=1S/C17H21N5OS/c1-11(2)22-16-13(10-20-22)12(17(23)19-7-4-6-18)9-14(21-16)15-5-3-8-24-15/h3,5,8-11H,4,6-7,18H2,1-2H3,(H,19,23). The number of hydrogen-bond acceptors (Lipinski definition) is 5. The zero-order chi connectivity index (χ0) is 17.1. The van der Waals surface area contributed by atoms with Crippen LogP contribution in [-0.4, -0.2) is 33.8 Å². The molecular formula is C17H21N5OS. The van der Waals surface area contributed by atoms with Crippen LogP contribution in [0.1, 0.15) is 36.7 Å². The summed E-state index contributed by atoms with van der Waals surface area (Å²) in [5.41, 5.74) is 7.63. The van der Waals surface area contributed by atoms with Crippen molar-refractivity contribution in [2.45, 2.75) is 26.3 Å². The van der Waals surface area contributed by atoms with Crippen LogP contribution < -0.4 is 11.1 Å². The molecule has 3 heterocycles. The van der Waals surface area contributed by atoms with Crippen LogP contribution in [0.3, 0.4) is 0 Å². The minimum absolute atomic E-state index is 0.114. The molecule has 0 aliphatic heterocycles. The van der Waals surface area contributed by atoms with Gasteiger partial charge in [0, 0.05) is 12.6 Å². The van der Waals surface area contributed by atoms with Gasteiger partial charge in [0.2, 0.25) is 0 Å². The Bertz CT molecular complexity index is 838. The second-order valence-corrected chi connectivity index (χ2v) is 6.80. The van der Waals surface area contributed by atoms with Crippen molar-refractivity contribution in [3.05, 3.63) is 35.3 Å². The van der Waals surface area contributed by atoms with Crippen molar-refractivity contribution < 1.29 is 4.79 Å². The van der Waals surface area contributed by atoms with E-state index in [0.717, 1.165) is 28.0 Å². The molecular weight excluding hydrogens is 322 g/mol. The molecule has 3 rings (SSSR count). The summed E-state index contributed by atoms with van der Waals surface area (Å²) in [5, 5.41) is 10.1. The van der Waals surface area contributed by atoms with Crippen LogP contribution in [0.4, 0.5) is 0 Å². The molecule has 0 radical (unpaired) electrons. The van der Waals surface area contributed by atoms with Crippen LogP contribution in [0.15, 0.2) is 29.8 Å². The smallest absolute Gasteiger partial charge is 0.252 e. The van der Waals surface area contributed by atoms with E-state index in [1.54, 1.807) is 17.5 Å². The number of amides is 1. The number of rotatable bonds is 6. The lowest BCUT2D eigenvalue weighted by atomic mass is 10.1. The molecule has 0 bridgehead atoms. The van der Waals surface area contributed by atoms with E-state index < -0.39 is 0 Å². The van der Waals surface area contributed by atoms with E-state index in [1.165, 1.54) is 0 Å². The Morgan fingerprint density at radius 1 is 1.46 bits per heavy atom. The molecule has 0 aliphatic rings. The zero-order valence-corrected chi connectivity index (χ0v) is 14.6. The molecule has 3 aromatic rings. The lowest BCUT2D eigenvalue weighted by Gasteiger charge is -2.10. The minimum atomic E-state index is -0.114. The molecule has 6 nitrogen and oxygen atoms in total. The first-order chi connectivity index (χ1) is 11.6. The summed E-state index contributed by atoms with van der Waals surface area (Å²) in [4.78, 5) is 18.4.